The van der Waals surface area contributed by atoms with Crippen molar-refractivity contribution in [2.45, 2.75) is 26.2 Å². The molecule has 1 fully saturated rings. The highest BCUT2D eigenvalue weighted by molar-refractivity contribution is 5.86. The number of methoxy groups -OCH3 is 1. The van der Waals surface area contributed by atoms with Crippen LogP contribution in [-0.4, -0.2) is 39.8 Å². The summed E-state index contributed by atoms with van der Waals surface area (Å²) < 4.78 is 6.73. The first kappa shape index (κ1) is 19.4. The summed E-state index contributed by atoms with van der Waals surface area (Å²) in [7, 11) is 1.57. The molecular formula is C24H25N5O2. The maximum atomic E-state index is 13.6. The van der Waals surface area contributed by atoms with E-state index in [1.54, 1.807) is 23.9 Å². The topological polar surface area (TPSA) is 75.5 Å². The Morgan fingerprint density at radius 2 is 1.77 bits per heavy atom. The van der Waals surface area contributed by atoms with E-state index in [-0.39, 0.29) is 5.56 Å². The first-order chi connectivity index (χ1) is 15.2. The van der Waals surface area contributed by atoms with E-state index in [0.717, 1.165) is 48.4 Å². The average molecular weight is 415 g/mol. The smallest absolute Gasteiger partial charge is 0.280 e. The first-order valence-electron chi connectivity index (χ1n) is 10.6. The van der Waals surface area contributed by atoms with Gasteiger partial charge in [0.25, 0.3) is 5.56 Å². The van der Waals surface area contributed by atoms with Crippen molar-refractivity contribution in [2.75, 3.05) is 25.1 Å². The van der Waals surface area contributed by atoms with E-state index in [0.29, 0.717) is 22.8 Å². The number of ether oxygens (including phenoxy) is 1. The number of aromatic nitrogens is 4. The molecule has 5 rings (SSSR count). The van der Waals surface area contributed by atoms with Crippen molar-refractivity contribution >= 4 is 11.3 Å². The largest absolute Gasteiger partial charge is 0.481 e. The van der Waals surface area contributed by atoms with Gasteiger partial charge in [-0.1, -0.05) is 30.3 Å². The Bertz CT molecular complexity index is 1270. The van der Waals surface area contributed by atoms with Gasteiger partial charge in [0.15, 0.2) is 5.65 Å². The fourth-order valence-electron chi connectivity index (χ4n) is 4.37. The Morgan fingerprint density at radius 1 is 1.00 bits per heavy atom. The highest BCUT2D eigenvalue weighted by atomic mass is 16.5. The lowest BCUT2D eigenvalue weighted by Crippen LogP contribution is -2.30. The molecule has 0 atom stereocenters. The van der Waals surface area contributed by atoms with E-state index in [4.69, 9.17) is 9.72 Å². The summed E-state index contributed by atoms with van der Waals surface area (Å²) in [6.45, 7) is 3.81. The maximum absolute atomic E-state index is 13.6. The number of benzene rings is 1. The van der Waals surface area contributed by atoms with Gasteiger partial charge >= 0.3 is 0 Å². The van der Waals surface area contributed by atoms with Crippen molar-refractivity contribution < 1.29 is 4.74 Å². The molecule has 0 bridgehead atoms. The molecule has 4 heterocycles. The van der Waals surface area contributed by atoms with Crippen LogP contribution >= 0.6 is 0 Å². The Kier molecular flexibility index (Phi) is 4.94. The maximum Gasteiger partial charge on any atom is 0.280 e. The number of pyridine rings is 1. The minimum absolute atomic E-state index is 0.130. The van der Waals surface area contributed by atoms with Crippen molar-refractivity contribution in [3.05, 3.63) is 64.7 Å². The van der Waals surface area contributed by atoms with E-state index in [1.165, 1.54) is 6.42 Å². The lowest BCUT2D eigenvalue weighted by molar-refractivity contribution is 0.398. The molecule has 1 saturated heterocycles. The summed E-state index contributed by atoms with van der Waals surface area (Å²) >= 11 is 0. The van der Waals surface area contributed by atoms with Crippen molar-refractivity contribution in [2.24, 2.45) is 0 Å². The molecule has 4 aromatic rings. The van der Waals surface area contributed by atoms with Gasteiger partial charge in [-0.25, -0.2) is 9.97 Å². The third-order valence-corrected chi connectivity index (χ3v) is 5.91. The number of aromatic amines is 1. The van der Waals surface area contributed by atoms with Crippen LogP contribution in [0.25, 0.3) is 28.0 Å². The summed E-state index contributed by atoms with van der Waals surface area (Å²) in [5.74, 6) is 0.508. The zero-order valence-corrected chi connectivity index (χ0v) is 17.8. The second kappa shape index (κ2) is 7.91. The molecule has 1 aromatic carbocycles. The normalized spacial score (nSPS) is 14.2. The SMILES string of the molecule is COc1ccc(-c2c(C)nc3c(N4CCCCC4)c(-c4ccccc4)[nH]n3c2=O)cn1. The van der Waals surface area contributed by atoms with Gasteiger partial charge in [-0.15, -0.1) is 0 Å². The standard InChI is InChI=1S/C24H25N5O2/c1-16-20(18-11-12-19(31-2)25-15-18)24(30)29-23(26-16)22(28-13-7-4-8-14-28)21(27-29)17-9-5-3-6-10-17/h3,5-6,9-12,15,27H,4,7-8,13-14H2,1-2H3. The van der Waals surface area contributed by atoms with Gasteiger partial charge in [-0.3, -0.25) is 9.89 Å². The average Bonchev–Trinajstić information content (AvgIpc) is 3.20. The minimum Gasteiger partial charge on any atom is -0.481 e. The van der Waals surface area contributed by atoms with Crippen molar-refractivity contribution in [1.29, 1.82) is 0 Å². The number of nitrogens with zero attached hydrogens (tertiary/aromatic N) is 4. The Morgan fingerprint density at radius 3 is 2.45 bits per heavy atom. The molecule has 1 aliphatic heterocycles. The third kappa shape index (κ3) is 3.36. The molecule has 3 aromatic heterocycles. The van der Waals surface area contributed by atoms with Gasteiger partial charge in [-0.05, 0) is 32.3 Å². The van der Waals surface area contributed by atoms with Crippen LogP contribution in [0.4, 0.5) is 5.69 Å². The number of anilines is 1. The van der Waals surface area contributed by atoms with E-state index < -0.39 is 0 Å². The zero-order chi connectivity index (χ0) is 21.4. The van der Waals surface area contributed by atoms with Crippen molar-refractivity contribution in [3.63, 3.8) is 0 Å². The Labute approximate surface area is 180 Å². The van der Waals surface area contributed by atoms with Gasteiger partial charge < -0.3 is 9.64 Å². The molecular weight excluding hydrogens is 390 g/mol. The molecule has 31 heavy (non-hydrogen) atoms. The molecule has 0 saturated carbocycles. The second-order valence-corrected chi connectivity index (χ2v) is 7.87. The van der Waals surface area contributed by atoms with Gasteiger partial charge in [0, 0.05) is 36.5 Å². The van der Waals surface area contributed by atoms with Crippen LogP contribution in [0.15, 0.2) is 53.5 Å². The number of hydrogen-bond acceptors (Lipinski definition) is 5. The van der Waals surface area contributed by atoms with Crippen LogP contribution in [0, 0.1) is 6.92 Å². The van der Waals surface area contributed by atoms with Crippen molar-refractivity contribution in [1.82, 2.24) is 19.6 Å². The van der Waals surface area contributed by atoms with Gasteiger partial charge in [0.2, 0.25) is 5.88 Å². The van der Waals surface area contributed by atoms with Crippen LogP contribution in [0.2, 0.25) is 0 Å². The van der Waals surface area contributed by atoms with E-state index in [1.807, 2.05) is 31.2 Å². The Hall–Kier alpha value is -3.61. The van der Waals surface area contributed by atoms with Crippen molar-refractivity contribution in [3.8, 4) is 28.3 Å². The molecule has 0 amide bonds. The lowest BCUT2D eigenvalue weighted by atomic mass is 10.1. The zero-order valence-electron chi connectivity index (χ0n) is 17.8. The molecule has 0 aliphatic carbocycles. The summed E-state index contributed by atoms with van der Waals surface area (Å²) in [5, 5.41) is 3.36. The fraction of sp³-hybridized carbons (Fsp3) is 0.292. The first-order valence-corrected chi connectivity index (χ1v) is 10.6. The fourth-order valence-corrected chi connectivity index (χ4v) is 4.37. The van der Waals surface area contributed by atoms with Gasteiger partial charge in [0.05, 0.1) is 24.1 Å². The molecule has 1 N–H and O–H groups in total. The lowest BCUT2D eigenvalue weighted by Gasteiger charge is -2.28. The van der Waals surface area contributed by atoms with Crippen LogP contribution in [-0.2, 0) is 0 Å². The summed E-state index contributed by atoms with van der Waals surface area (Å²) in [5.41, 5.74) is 5.47. The number of H-pyrrole nitrogens is 1. The van der Waals surface area contributed by atoms with Crippen LogP contribution in [0.5, 0.6) is 5.88 Å². The quantitative estimate of drug-likeness (QED) is 0.544. The van der Waals surface area contributed by atoms with Crippen LogP contribution in [0.1, 0.15) is 25.0 Å². The number of piperidine rings is 1. The molecule has 0 radical (unpaired) electrons. The molecule has 7 heteroatoms. The second-order valence-electron chi connectivity index (χ2n) is 7.87. The number of fused-ring (bicyclic) bond motifs is 1. The van der Waals surface area contributed by atoms with E-state index >= 15 is 0 Å². The van der Waals surface area contributed by atoms with E-state index in [9.17, 15) is 4.79 Å². The molecule has 1 aliphatic rings. The third-order valence-electron chi connectivity index (χ3n) is 5.91. The number of rotatable bonds is 4. The van der Waals surface area contributed by atoms with Gasteiger partial charge in [-0.2, -0.15) is 4.52 Å². The number of nitrogens with one attached hydrogen (secondary N) is 1. The summed E-state index contributed by atoms with van der Waals surface area (Å²) in [6, 6.07) is 13.7. The predicted octanol–water partition coefficient (Wildman–Crippen LogP) is 4.06. The highest BCUT2D eigenvalue weighted by Gasteiger charge is 2.25. The number of aryl methyl sites for hydroxylation is 1. The molecule has 7 nitrogen and oxygen atoms in total. The van der Waals surface area contributed by atoms with E-state index in [2.05, 4.69) is 27.1 Å². The number of hydrogen-bond donors (Lipinski definition) is 1. The Balaban J connectivity index is 1.75. The summed E-state index contributed by atoms with van der Waals surface area (Å²) in [6.07, 6.45) is 5.18. The van der Waals surface area contributed by atoms with Crippen LogP contribution in [0.3, 0.4) is 0 Å². The predicted molar refractivity (Wildman–Crippen MR) is 122 cm³/mol. The van der Waals surface area contributed by atoms with Crippen LogP contribution < -0.4 is 15.2 Å². The van der Waals surface area contributed by atoms with Gasteiger partial charge in [0.1, 0.15) is 5.69 Å². The molecule has 158 valence electrons. The minimum atomic E-state index is -0.130. The monoisotopic (exact) mass is 415 g/mol. The summed E-state index contributed by atoms with van der Waals surface area (Å²) in [4.78, 5) is 25.1. The molecule has 0 unspecified atom stereocenters. The highest BCUT2D eigenvalue weighted by Crippen LogP contribution is 2.35. The molecule has 0 spiro atoms.